The van der Waals surface area contributed by atoms with Gasteiger partial charge in [0.25, 0.3) is 23.6 Å². The van der Waals surface area contributed by atoms with Crippen LogP contribution in [0.3, 0.4) is 0 Å². The fourth-order valence-electron chi connectivity index (χ4n) is 19.3. The van der Waals surface area contributed by atoms with Crippen LogP contribution < -0.4 is 63.1 Å². The molecule has 760 valence electrons. The average molecular weight is 1980 g/mol. The maximum absolute atomic E-state index is 13.4. The number of anilines is 4. The van der Waals surface area contributed by atoms with Crippen LogP contribution in [0.1, 0.15) is 147 Å². The number of piperidine rings is 2. The van der Waals surface area contributed by atoms with Gasteiger partial charge in [-0.25, -0.2) is 0 Å². The quantitative estimate of drug-likeness (QED) is 0.0208. The number of para-hydroxylation sites is 4. The zero-order valence-electron chi connectivity index (χ0n) is 85.9. The first-order chi connectivity index (χ1) is 71.8. The molecule has 20 rings (SSSR count). The maximum atomic E-state index is 13.4. The van der Waals surface area contributed by atoms with Gasteiger partial charge < -0.3 is 81.4 Å². The largest absolute Gasteiger partial charge is 0.457 e. The van der Waals surface area contributed by atoms with Crippen molar-refractivity contribution in [2.24, 2.45) is 34.8 Å². The Kier molecular flexibility index (Phi) is 34.8. The van der Waals surface area contributed by atoms with Crippen molar-refractivity contribution in [1.29, 1.82) is 0 Å². The Balaban J connectivity index is 0.000000135. The lowest BCUT2D eigenvalue weighted by Crippen LogP contribution is -2.42. The standard InChI is InChI=1S/C32H36N4O2.2C31H34N4O2.C30H32N4O2/c1-23-12-14-36(20-23)29-16-26(22-35-13-6-7-25(19-33)21-35)15-28(18-29)34-32(37)27-11-10-24(2)31(17-27)38-30-8-4-3-5-9-30;1-22-12-14-35(19-22)28-16-24(20-34-13-6-7-26(32)21-34)15-27(18-28)33-31(36)25-11-10-23(2)30(17-25)37-29-8-4-3-5-9-29;1-22-10-13-35(19-22)28-15-25(21-34-12-11-24(18-32)20-34)14-27(17-28)33-31(36)26-9-8-23(2)30(16-26)37-29-6-4-3-5-7-29;1-21-10-13-34(18-21)27-15-23(19-33-12-11-25(31)20-33)14-26(17-27)32-30(35)24-9-8-22(2)29(16-24)36-28-6-4-3-5-7-28/h3-5,8-12,14-18,20,25H,6-7,13,19,21-22,33H2,1-2H3,(H,34,37);3-5,8-12,14-19,26H,6-7,13,20-21,32H2,1-2H3,(H,33,36);3-10,13-17,19,24H,11-12,18,20-21,32H2,1-2H3,(H,33,36);3-10,13-18,25H,11-12,19-20,31H2,1-2H3,(H,32,35)/t25-;26-;24-;25-/m1010/s1. The first-order valence-electron chi connectivity index (χ1n) is 51.3. The molecule has 12 N–H and O–H groups in total. The fraction of sp³-hybridized carbons (Fsp3) is 0.258. The molecule has 24 nitrogen and oxygen atoms in total. The molecular formula is C124H136N16O8. The summed E-state index contributed by atoms with van der Waals surface area (Å²) in [4.78, 5) is 63.0. The third-order valence-electron chi connectivity index (χ3n) is 27.3. The first kappa shape index (κ1) is 104. The molecule has 16 aromatic rings. The number of aromatic nitrogens is 4. The summed E-state index contributed by atoms with van der Waals surface area (Å²) < 4.78 is 32.5. The van der Waals surface area contributed by atoms with E-state index in [1.54, 1.807) is 24.3 Å². The van der Waals surface area contributed by atoms with E-state index in [9.17, 15) is 19.2 Å². The number of nitrogens with zero attached hydrogens (tertiary/aromatic N) is 8. The number of hydrogen-bond donors (Lipinski definition) is 8. The molecular weight excluding hydrogens is 1840 g/mol. The molecule has 4 aliphatic rings. The third-order valence-corrected chi connectivity index (χ3v) is 27.3. The highest BCUT2D eigenvalue weighted by Gasteiger charge is 2.27. The molecule has 8 heterocycles. The predicted molar refractivity (Wildman–Crippen MR) is 594 cm³/mol. The minimum Gasteiger partial charge on any atom is -0.457 e. The Bertz CT molecular complexity index is 7220. The van der Waals surface area contributed by atoms with E-state index in [-0.39, 0.29) is 35.7 Å². The van der Waals surface area contributed by atoms with Gasteiger partial charge in [-0.1, -0.05) is 97.1 Å². The normalized spacial score (nSPS) is 15.8. The highest BCUT2D eigenvalue weighted by Crippen LogP contribution is 2.36. The van der Waals surface area contributed by atoms with Gasteiger partial charge in [-0.15, -0.1) is 0 Å². The molecule has 4 atom stereocenters. The average Bonchev–Trinajstić information content (AvgIpc) is 1.60. The summed E-state index contributed by atoms with van der Waals surface area (Å²) in [5, 5.41) is 12.5. The van der Waals surface area contributed by atoms with E-state index in [1.807, 2.05) is 240 Å². The second kappa shape index (κ2) is 49.6. The molecule has 0 radical (unpaired) electrons. The summed E-state index contributed by atoms with van der Waals surface area (Å²) in [5.74, 6) is 6.02. The fourth-order valence-corrected chi connectivity index (χ4v) is 19.3. The second-order valence-corrected chi connectivity index (χ2v) is 39.9. The molecule has 0 aliphatic carbocycles. The lowest BCUT2D eigenvalue weighted by atomic mass is 9.98. The summed E-state index contributed by atoms with van der Waals surface area (Å²) in [5.41, 5.74) is 46.7. The number of hydrogen-bond acceptors (Lipinski definition) is 16. The number of nitrogens with two attached hydrogens (primary N) is 4. The van der Waals surface area contributed by atoms with Gasteiger partial charge in [-0.05, 0) is 399 Å². The van der Waals surface area contributed by atoms with Crippen molar-refractivity contribution in [3.63, 3.8) is 0 Å². The van der Waals surface area contributed by atoms with Crippen molar-refractivity contribution >= 4 is 46.4 Å². The van der Waals surface area contributed by atoms with Crippen LogP contribution in [0.15, 0.2) is 341 Å². The zero-order chi connectivity index (χ0) is 103. The van der Waals surface area contributed by atoms with E-state index >= 15 is 0 Å². The van der Waals surface area contributed by atoms with Gasteiger partial charge in [0, 0.05) is 188 Å². The van der Waals surface area contributed by atoms with Crippen LogP contribution in [-0.2, 0) is 26.2 Å². The number of benzene rings is 12. The Morgan fingerprint density at radius 3 is 0.804 bits per heavy atom. The number of amides is 4. The number of carbonyl (C=O) groups excluding carboxylic acids is 4. The molecule has 0 unspecified atom stereocenters. The van der Waals surface area contributed by atoms with E-state index in [4.69, 9.17) is 41.9 Å². The molecule has 4 aliphatic heterocycles. The first-order valence-corrected chi connectivity index (χ1v) is 51.3. The molecule has 0 bridgehead atoms. The van der Waals surface area contributed by atoms with Crippen molar-refractivity contribution in [2.75, 3.05) is 86.7 Å². The summed E-state index contributed by atoms with van der Waals surface area (Å²) in [6, 6.07) is 94.5. The summed E-state index contributed by atoms with van der Waals surface area (Å²) >= 11 is 0. The van der Waals surface area contributed by atoms with Gasteiger partial charge in [-0.2, -0.15) is 0 Å². The van der Waals surface area contributed by atoms with E-state index < -0.39 is 0 Å². The van der Waals surface area contributed by atoms with Crippen molar-refractivity contribution in [3.05, 3.63) is 430 Å². The molecule has 12 aromatic carbocycles. The number of aryl methyl sites for hydroxylation is 8. The van der Waals surface area contributed by atoms with Crippen molar-refractivity contribution in [1.82, 2.24) is 37.9 Å². The van der Waals surface area contributed by atoms with Crippen LogP contribution in [0.4, 0.5) is 22.7 Å². The zero-order valence-corrected chi connectivity index (χ0v) is 85.9. The summed E-state index contributed by atoms with van der Waals surface area (Å²) in [6.45, 7) is 28.8. The molecule has 0 spiro atoms. The van der Waals surface area contributed by atoms with E-state index in [0.717, 1.165) is 225 Å². The molecule has 148 heavy (non-hydrogen) atoms. The van der Waals surface area contributed by atoms with Gasteiger partial charge in [0.05, 0.1) is 0 Å². The highest BCUT2D eigenvalue weighted by molar-refractivity contribution is 6.07. The van der Waals surface area contributed by atoms with E-state index in [2.05, 4.69) is 191 Å². The molecule has 4 amide bonds. The van der Waals surface area contributed by atoms with Gasteiger partial charge >= 0.3 is 0 Å². The van der Waals surface area contributed by atoms with E-state index in [1.165, 1.54) is 40.7 Å². The van der Waals surface area contributed by atoms with E-state index in [0.29, 0.717) is 57.1 Å². The summed E-state index contributed by atoms with van der Waals surface area (Å²) in [7, 11) is 0. The molecule has 4 saturated heterocycles. The Morgan fingerprint density at radius 1 is 0.284 bits per heavy atom. The molecule has 0 saturated carbocycles. The lowest BCUT2D eigenvalue weighted by molar-refractivity contribution is 0.101. The number of rotatable bonds is 30. The van der Waals surface area contributed by atoms with Crippen LogP contribution in [0.2, 0.25) is 0 Å². The highest BCUT2D eigenvalue weighted by atomic mass is 16.5. The minimum atomic E-state index is -0.178. The van der Waals surface area contributed by atoms with Crippen molar-refractivity contribution in [3.8, 4) is 68.7 Å². The number of nitrogens with one attached hydrogen (secondary N) is 4. The van der Waals surface area contributed by atoms with Crippen molar-refractivity contribution < 1.29 is 38.1 Å². The van der Waals surface area contributed by atoms with Crippen molar-refractivity contribution in [2.45, 2.75) is 132 Å². The SMILES string of the molecule is Cc1ccn(-c2cc(CN3CCC[C@H](CN)C3)cc(NC(=O)c3ccc(C)c(Oc4ccccc4)c3)c2)c1.Cc1ccn(-c2cc(CN3CCC[C@H](N)C3)cc(NC(=O)c3ccc(C)c(Oc4ccccc4)c3)c2)c1.Cc1ccn(-c2cc(CN3CC[C@H](CN)C3)cc(NC(=O)c3ccc(C)c(Oc4ccccc4)c3)c2)c1.Cc1ccn(-c2cc(CN3CC[C@H](N)C3)cc(NC(=O)c3ccc(C)c(Oc4ccccc4)c3)c2)c1. The van der Waals surface area contributed by atoms with Crippen LogP contribution in [-0.4, -0.2) is 139 Å². The van der Waals surface area contributed by atoms with Gasteiger partial charge in [0.1, 0.15) is 46.0 Å². The smallest absolute Gasteiger partial charge is 0.255 e. The van der Waals surface area contributed by atoms with Gasteiger partial charge in [0.2, 0.25) is 0 Å². The van der Waals surface area contributed by atoms with Crippen LogP contribution in [0.25, 0.3) is 22.7 Å². The molecule has 4 fully saturated rings. The number of carbonyl (C=O) groups is 4. The Hall–Kier alpha value is -15.5. The van der Waals surface area contributed by atoms with Gasteiger partial charge in [-0.3, -0.25) is 38.8 Å². The van der Waals surface area contributed by atoms with Crippen LogP contribution in [0.5, 0.6) is 46.0 Å². The predicted octanol–water partition coefficient (Wildman–Crippen LogP) is 24.0. The summed E-state index contributed by atoms with van der Waals surface area (Å²) in [6.07, 6.45) is 23.3. The Morgan fingerprint density at radius 2 is 0.541 bits per heavy atom. The lowest BCUT2D eigenvalue weighted by Gasteiger charge is -2.32. The topological polar surface area (TPSA) is 290 Å². The number of ether oxygens (including phenoxy) is 4. The van der Waals surface area contributed by atoms with Crippen LogP contribution in [0, 0.1) is 67.2 Å². The number of likely N-dealkylation sites (tertiary alicyclic amines) is 4. The monoisotopic (exact) mass is 1980 g/mol. The second-order valence-electron chi connectivity index (χ2n) is 39.9. The third kappa shape index (κ3) is 29.1. The molecule has 24 heteroatoms. The van der Waals surface area contributed by atoms with Crippen LogP contribution >= 0.6 is 0 Å². The van der Waals surface area contributed by atoms with Gasteiger partial charge in [0.15, 0.2) is 0 Å². The molecule has 4 aromatic heterocycles. The maximum Gasteiger partial charge on any atom is 0.255 e. The Labute approximate surface area is 869 Å². The minimum absolute atomic E-state index is 0.170.